The molecule has 0 amide bonds. The van der Waals surface area contributed by atoms with E-state index in [1.54, 1.807) is 6.92 Å². The Morgan fingerprint density at radius 2 is 2.44 bits per heavy atom. The van der Waals surface area contributed by atoms with E-state index >= 15 is 0 Å². The van der Waals surface area contributed by atoms with Gasteiger partial charge in [0.15, 0.2) is 0 Å². The van der Waals surface area contributed by atoms with Gasteiger partial charge in [-0.2, -0.15) is 5.10 Å². The molecule has 1 N–H and O–H groups in total. The molecule has 0 aliphatic carbocycles. The number of nitrogens with zero attached hydrogens (tertiary/aromatic N) is 2. The molecule has 0 saturated carbocycles. The average molecular weight is 223 g/mol. The van der Waals surface area contributed by atoms with Crippen LogP contribution in [0, 0.1) is 17.0 Å². The third-order valence-electron chi connectivity index (χ3n) is 2.60. The number of aromatic amines is 1. The van der Waals surface area contributed by atoms with Crippen LogP contribution in [0.4, 0.5) is 5.69 Å². The van der Waals surface area contributed by atoms with Gasteiger partial charge in [0, 0.05) is 0 Å². The summed E-state index contributed by atoms with van der Waals surface area (Å²) in [5.74, 6) is 0. The topological polar surface area (TPSA) is 81.0 Å². The van der Waals surface area contributed by atoms with Crippen LogP contribution >= 0.6 is 0 Å². The normalized spacial score (nSPS) is 20.7. The molecule has 1 aliphatic rings. The summed E-state index contributed by atoms with van der Waals surface area (Å²) >= 11 is 0. The number of hydrogen-bond donors (Lipinski definition) is 1. The molecule has 1 aromatic rings. The molecule has 0 radical (unpaired) electrons. The SMILES string of the molecule is Cc1n[nH]c(C2CCC=CCO2)c1[N+](=O)[O-]. The van der Waals surface area contributed by atoms with Gasteiger partial charge in [-0.05, 0) is 19.8 Å². The van der Waals surface area contributed by atoms with E-state index in [1.807, 2.05) is 12.2 Å². The van der Waals surface area contributed by atoms with Gasteiger partial charge in [0.1, 0.15) is 17.5 Å². The molecule has 0 saturated heterocycles. The highest BCUT2D eigenvalue weighted by Crippen LogP contribution is 2.32. The molecule has 0 bridgehead atoms. The molecule has 1 aromatic heterocycles. The lowest BCUT2D eigenvalue weighted by Gasteiger charge is -2.11. The number of ether oxygens (including phenoxy) is 1. The standard InChI is InChI=1S/C10H13N3O3/c1-7-10(13(14)15)9(12-11-7)8-5-3-2-4-6-16-8/h2,4,8H,3,5-6H2,1H3,(H,11,12). The van der Waals surface area contributed by atoms with E-state index in [4.69, 9.17) is 4.74 Å². The number of aryl methyl sites for hydroxylation is 1. The lowest BCUT2D eigenvalue weighted by atomic mass is 10.1. The first-order chi connectivity index (χ1) is 7.70. The van der Waals surface area contributed by atoms with E-state index in [9.17, 15) is 10.1 Å². The van der Waals surface area contributed by atoms with E-state index in [2.05, 4.69) is 10.2 Å². The highest BCUT2D eigenvalue weighted by Gasteiger charge is 2.28. The Bertz CT molecular complexity index is 415. The maximum Gasteiger partial charge on any atom is 0.315 e. The van der Waals surface area contributed by atoms with Gasteiger partial charge in [-0.25, -0.2) is 0 Å². The zero-order valence-electron chi connectivity index (χ0n) is 8.97. The summed E-state index contributed by atoms with van der Waals surface area (Å²) in [5, 5.41) is 17.5. The lowest BCUT2D eigenvalue weighted by Crippen LogP contribution is -2.06. The minimum absolute atomic E-state index is 0.0481. The highest BCUT2D eigenvalue weighted by atomic mass is 16.6. The summed E-state index contributed by atoms with van der Waals surface area (Å²) in [6.45, 7) is 2.10. The van der Waals surface area contributed by atoms with Crippen LogP contribution in [-0.2, 0) is 4.74 Å². The van der Waals surface area contributed by atoms with Gasteiger partial charge >= 0.3 is 5.69 Å². The maximum absolute atomic E-state index is 10.9. The first kappa shape index (κ1) is 10.8. The van der Waals surface area contributed by atoms with Gasteiger partial charge in [-0.1, -0.05) is 12.2 Å². The van der Waals surface area contributed by atoms with Crippen molar-refractivity contribution in [1.82, 2.24) is 10.2 Å². The quantitative estimate of drug-likeness (QED) is 0.472. The van der Waals surface area contributed by atoms with Crippen LogP contribution in [0.2, 0.25) is 0 Å². The Morgan fingerprint density at radius 1 is 1.62 bits per heavy atom. The van der Waals surface area contributed by atoms with Gasteiger partial charge in [-0.3, -0.25) is 15.2 Å². The lowest BCUT2D eigenvalue weighted by molar-refractivity contribution is -0.386. The summed E-state index contributed by atoms with van der Waals surface area (Å²) in [7, 11) is 0. The van der Waals surface area contributed by atoms with Crippen LogP contribution in [-0.4, -0.2) is 21.7 Å². The smallest absolute Gasteiger partial charge is 0.315 e. The van der Waals surface area contributed by atoms with Crippen molar-refractivity contribution in [3.05, 3.63) is 33.7 Å². The number of H-pyrrole nitrogens is 1. The van der Waals surface area contributed by atoms with Crippen LogP contribution in [0.5, 0.6) is 0 Å². The zero-order valence-corrected chi connectivity index (χ0v) is 8.97. The Morgan fingerprint density at radius 3 is 3.19 bits per heavy atom. The largest absolute Gasteiger partial charge is 0.368 e. The fraction of sp³-hybridized carbons (Fsp3) is 0.500. The predicted molar refractivity (Wildman–Crippen MR) is 57.0 cm³/mol. The van der Waals surface area contributed by atoms with E-state index in [-0.39, 0.29) is 11.8 Å². The molecule has 1 unspecified atom stereocenters. The first-order valence-corrected chi connectivity index (χ1v) is 5.16. The Balaban J connectivity index is 2.29. The second-order valence-electron chi connectivity index (χ2n) is 3.70. The number of nitrogens with one attached hydrogen (secondary N) is 1. The molecule has 6 heteroatoms. The van der Waals surface area contributed by atoms with Crippen LogP contribution in [0.15, 0.2) is 12.2 Å². The van der Waals surface area contributed by atoms with Crippen LogP contribution in [0.1, 0.15) is 30.3 Å². The van der Waals surface area contributed by atoms with Crippen molar-refractivity contribution in [2.24, 2.45) is 0 Å². The number of nitro groups is 1. The molecule has 86 valence electrons. The van der Waals surface area contributed by atoms with Crippen molar-refractivity contribution < 1.29 is 9.66 Å². The monoisotopic (exact) mass is 223 g/mol. The van der Waals surface area contributed by atoms with E-state index in [1.165, 1.54) is 0 Å². The summed E-state index contributed by atoms with van der Waals surface area (Å²) in [4.78, 5) is 10.5. The third-order valence-corrected chi connectivity index (χ3v) is 2.60. The maximum atomic E-state index is 10.9. The van der Waals surface area contributed by atoms with Crippen molar-refractivity contribution in [3.63, 3.8) is 0 Å². The van der Waals surface area contributed by atoms with Crippen molar-refractivity contribution in [3.8, 4) is 0 Å². The Labute approximate surface area is 92.5 Å². The highest BCUT2D eigenvalue weighted by molar-refractivity contribution is 5.41. The molecule has 2 heterocycles. The molecule has 0 fully saturated rings. The zero-order chi connectivity index (χ0) is 11.5. The molecule has 2 rings (SSSR count). The van der Waals surface area contributed by atoms with Crippen molar-refractivity contribution in [1.29, 1.82) is 0 Å². The second-order valence-corrected chi connectivity index (χ2v) is 3.70. The molecular weight excluding hydrogens is 210 g/mol. The minimum atomic E-state index is -0.407. The van der Waals surface area contributed by atoms with E-state index < -0.39 is 4.92 Å². The van der Waals surface area contributed by atoms with Gasteiger partial charge in [0.05, 0.1) is 11.5 Å². The minimum Gasteiger partial charge on any atom is -0.368 e. The van der Waals surface area contributed by atoms with Gasteiger partial charge in [0.2, 0.25) is 0 Å². The molecule has 6 nitrogen and oxygen atoms in total. The number of hydrogen-bond acceptors (Lipinski definition) is 4. The molecule has 1 aliphatic heterocycles. The third kappa shape index (κ3) is 1.96. The van der Waals surface area contributed by atoms with Crippen LogP contribution in [0.3, 0.4) is 0 Å². The van der Waals surface area contributed by atoms with Crippen LogP contribution < -0.4 is 0 Å². The number of allylic oxidation sites excluding steroid dienone is 1. The summed E-state index contributed by atoms with van der Waals surface area (Å²) in [6, 6.07) is 0. The van der Waals surface area contributed by atoms with E-state index in [0.29, 0.717) is 18.0 Å². The van der Waals surface area contributed by atoms with Crippen molar-refractivity contribution >= 4 is 5.69 Å². The first-order valence-electron chi connectivity index (χ1n) is 5.16. The second kappa shape index (κ2) is 4.44. The molecular formula is C10H13N3O3. The number of aromatic nitrogens is 2. The predicted octanol–water partition coefficient (Wildman–Crippen LogP) is 2.03. The van der Waals surface area contributed by atoms with Gasteiger partial charge in [0.25, 0.3) is 0 Å². The molecule has 0 spiro atoms. The number of rotatable bonds is 2. The molecule has 0 aromatic carbocycles. The average Bonchev–Trinajstić information content (AvgIpc) is 2.50. The van der Waals surface area contributed by atoms with Crippen LogP contribution in [0.25, 0.3) is 0 Å². The summed E-state index contributed by atoms with van der Waals surface area (Å²) < 4.78 is 5.53. The molecule has 1 atom stereocenters. The summed E-state index contributed by atoms with van der Waals surface area (Å²) in [6.07, 6.45) is 5.28. The molecule has 16 heavy (non-hydrogen) atoms. The van der Waals surface area contributed by atoms with Crippen molar-refractivity contribution in [2.45, 2.75) is 25.9 Å². The van der Waals surface area contributed by atoms with E-state index in [0.717, 1.165) is 12.8 Å². The Kier molecular flexibility index (Phi) is 3.00. The Hall–Kier alpha value is -1.69. The van der Waals surface area contributed by atoms with Crippen molar-refractivity contribution in [2.75, 3.05) is 6.61 Å². The summed E-state index contributed by atoms with van der Waals surface area (Å²) in [5.41, 5.74) is 0.930. The van der Waals surface area contributed by atoms with Gasteiger partial charge in [-0.15, -0.1) is 0 Å². The van der Waals surface area contributed by atoms with Gasteiger partial charge < -0.3 is 4.74 Å². The fourth-order valence-corrected chi connectivity index (χ4v) is 1.82. The fourth-order valence-electron chi connectivity index (χ4n) is 1.82.